The largest absolute Gasteiger partial charge is 0.496 e. The smallest absolute Gasteiger partial charge is 0.229 e. The summed E-state index contributed by atoms with van der Waals surface area (Å²) >= 11 is 0. The van der Waals surface area contributed by atoms with Crippen LogP contribution in [0.15, 0.2) is 73.1 Å². The van der Waals surface area contributed by atoms with E-state index in [1.54, 1.807) is 19.5 Å². The second kappa shape index (κ2) is 8.55. The van der Waals surface area contributed by atoms with Crippen LogP contribution in [-0.2, 0) is 0 Å². The van der Waals surface area contributed by atoms with E-state index in [1.807, 2.05) is 55.5 Å². The Balaban J connectivity index is 1.45. The minimum atomic E-state index is 0.490. The molecule has 0 bridgehead atoms. The van der Waals surface area contributed by atoms with Crippen molar-refractivity contribution in [3.63, 3.8) is 0 Å². The van der Waals surface area contributed by atoms with Crippen LogP contribution < -0.4 is 19.7 Å². The van der Waals surface area contributed by atoms with Crippen molar-refractivity contribution in [1.29, 1.82) is 0 Å². The second-order valence-corrected chi connectivity index (χ2v) is 7.44. The van der Waals surface area contributed by atoms with Gasteiger partial charge in [0.2, 0.25) is 5.95 Å². The van der Waals surface area contributed by atoms with Gasteiger partial charge in [-0.25, -0.2) is 4.98 Å². The Morgan fingerprint density at radius 1 is 1.03 bits per heavy atom. The number of anilines is 4. The molecule has 0 radical (unpaired) electrons. The molecule has 160 valence electrons. The summed E-state index contributed by atoms with van der Waals surface area (Å²) in [5.74, 6) is 2.67. The third kappa shape index (κ3) is 3.92. The molecule has 0 fully saturated rings. The molecule has 0 atom stereocenters. The maximum absolute atomic E-state index is 5.77. The number of rotatable bonds is 5. The highest BCUT2D eigenvalue weighted by atomic mass is 16.5. The Bertz CT molecular complexity index is 1250. The average molecular weight is 425 g/mol. The fourth-order valence-corrected chi connectivity index (χ4v) is 3.78. The SMILES string of the molecule is COc1cc(Nc2ncc3c(n2)N(c2ccccc2)CCO3)ccc1-c1ccnc(C)c1. The number of ether oxygens (including phenoxy) is 2. The number of para-hydroxylation sites is 1. The molecule has 0 saturated carbocycles. The van der Waals surface area contributed by atoms with Crippen molar-refractivity contribution < 1.29 is 9.47 Å². The summed E-state index contributed by atoms with van der Waals surface area (Å²) in [6, 6.07) is 20.1. The molecule has 4 aromatic rings. The van der Waals surface area contributed by atoms with Gasteiger partial charge in [0.05, 0.1) is 19.9 Å². The van der Waals surface area contributed by atoms with Crippen molar-refractivity contribution in [3.8, 4) is 22.6 Å². The lowest BCUT2D eigenvalue weighted by Gasteiger charge is -2.30. The highest BCUT2D eigenvalue weighted by molar-refractivity contribution is 5.75. The molecule has 3 heterocycles. The molecule has 7 nitrogen and oxygen atoms in total. The summed E-state index contributed by atoms with van der Waals surface area (Å²) in [5.41, 5.74) is 4.92. The Hall–Kier alpha value is -4.13. The summed E-state index contributed by atoms with van der Waals surface area (Å²) in [7, 11) is 1.67. The van der Waals surface area contributed by atoms with Gasteiger partial charge in [0.1, 0.15) is 12.4 Å². The van der Waals surface area contributed by atoms with Gasteiger partial charge in [0.25, 0.3) is 0 Å². The zero-order valence-corrected chi connectivity index (χ0v) is 17.9. The Morgan fingerprint density at radius 2 is 1.91 bits per heavy atom. The van der Waals surface area contributed by atoms with Crippen molar-refractivity contribution in [2.24, 2.45) is 0 Å². The van der Waals surface area contributed by atoms with E-state index in [1.165, 1.54) is 0 Å². The number of fused-ring (bicyclic) bond motifs is 1. The first-order valence-corrected chi connectivity index (χ1v) is 10.4. The normalized spacial score (nSPS) is 12.6. The van der Waals surface area contributed by atoms with Crippen molar-refractivity contribution in [1.82, 2.24) is 15.0 Å². The number of benzene rings is 2. The first-order chi connectivity index (χ1) is 15.7. The van der Waals surface area contributed by atoms with Gasteiger partial charge in [-0.2, -0.15) is 4.98 Å². The van der Waals surface area contributed by atoms with Gasteiger partial charge in [-0.1, -0.05) is 18.2 Å². The topological polar surface area (TPSA) is 72.4 Å². The average Bonchev–Trinajstić information content (AvgIpc) is 2.84. The van der Waals surface area contributed by atoms with E-state index >= 15 is 0 Å². The summed E-state index contributed by atoms with van der Waals surface area (Å²) in [6.07, 6.45) is 3.52. The lowest BCUT2D eigenvalue weighted by atomic mass is 10.0. The molecular formula is C25H23N5O2. The highest BCUT2D eigenvalue weighted by Gasteiger charge is 2.22. The molecule has 5 rings (SSSR count). The third-order valence-corrected chi connectivity index (χ3v) is 5.30. The standard InChI is InChI=1S/C25H23N5O2/c1-17-14-18(10-11-26-17)21-9-8-19(15-22(21)31-2)28-25-27-16-23-24(29-25)30(12-13-32-23)20-6-4-3-5-7-20/h3-11,14-16H,12-13H2,1-2H3,(H,27,28,29). The maximum Gasteiger partial charge on any atom is 0.229 e. The lowest BCUT2D eigenvalue weighted by Crippen LogP contribution is -2.29. The van der Waals surface area contributed by atoms with Crippen LogP contribution in [0.1, 0.15) is 5.69 Å². The van der Waals surface area contributed by atoms with Crippen LogP contribution in [0.25, 0.3) is 11.1 Å². The number of pyridine rings is 1. The molecule has 1 N–H and O–H groups in total. The van der Waals surface area contributed by atoms with E-state index in [9.17, 15) is 0 Å². The van der Waals surface area contributed by atoms with E-state index in [-0.39, 0.29) is 0 Å². The molecule has 0 aliphatic carbocycles. The number of aryl methyl sites for hydroxylation is 1. The monoisotopic (exact) mass is 425 g/mol. The second-order valence-electron chi connectivity index (χ2n) is 7.44. The summed E-state index contributed by atoms with van der Waals surface area (Å²) < 4.78 is 11.4. The van der Waals surface area contributed by atoms with Gasteiger partial charge in [0.15, 0.2) is 11.6 Å². The van der Waals surface area contributed by atoms with Gasteiger partial charge in [-0.3, -0.25) is 4.98 Å². The van der Waals surface area contributed by atoms with Gasteiger partial charge in [-0.15, -0.1) is 0 Å². The van der Waals surface area contributed by atoms with E-state index in [0.717, 1.165) is 46.3 Å². The molecule has 7 heteroatoms. The minimum absolute atomic E-state index is 0.490. The Labute approximate surface area is 186 Å². The zero-order valence-electron chi connectivity index (χ0n) is 17.9. The highest BCUT2D eigenvalue weighted by Crippen LogP contribution is 2.36. The summed E-state index contributed by atoms with van der Waals surface area (Å²) in [6.45, 7) is 3.29. The van der Waals surface area contributed by atoms with Gasteiger partial charge in [-0.05, 0) is 48.9 Å². The number of nitrogens with one attached hydrogen (secondary N) is 1. The van der Waals surface area contributed by atoms with Crippen molar-refractivity contribution in [2.75, 3.05) is 30.5 Å². The number of methoxy groups -OCH3 is 1. The Morgan fingerprint density at radius 3 is 2.72 bits per heavy atom. The van der Waals surface area contributed by atoms with Crippen molar-refractivity contribution in [2.45, 2.75) is 6.92 Å². The quantitative estimate of drug-likeness (QED) is 0.475. The first-order valence-electron chi connectivity index (χ1n) is 10.4. The van der Waals surface area contributed by atoms with Crippen LogP contribution in [-0.4, -0.2) is 35.2 Å². The molecular weight excluding hydrogens is 402 g/mol. The lowest BCUT2D eigenvalue weighted by molar-refractivity contribution is 0.310. The fraction of sp³-hybridized carbons (Fsp3) is 0.160. The Kier molecular flexibility index (Phi) is 5.29. The molecule has 0 amide bonds. The van der Waals surface area contributed by atoms with Gasteiger partial charge >= 0.3 is 0 Å². The number of hydrogen-bond acceptors (Lipinski definition) is 7. The van der Waals surface area contributed by atoms with Crippen LogP contribution in [0, 0.1) is 6.92 Å². The van der Waals surface area contributed by atoms with Crippen LogP contribution in [0.2, 0.25) is 0 Å². The number of hydrogen-bond donors (Lipinski definition) is 1. The van der Waals surface area contributed by atoms with Crippen LogP contribution in [0.3, 0.4) is 0 Å². The third-order valence-electron chi connectivity index (χ3n) is 5.30. The van der Waals surface area contributed by atoms with E-state index in [4.69, 9.17) is 14.5 Å². The molecule has 1 aliphatic heterocycles. The predicted molar refractivity (Wildman–Crippen MR) is 125 cm³/mol. The molecule has 0 spiro atoms. The molecule has 32 heavy (non-hydrogen) atoms. The number of nitrogens with zero attached hydrogens (tertiary/aromatic N) is 4. The van der Waals surface area contributed by atoms with E-state index in [0.29, 0.717) is 18.3 Å². The summed E-state index contributed by atoms with van der Waals surface area (Å²) in [4.78, 5) is 15.6. The maximum atomic E-state index is 5.77. The molecule has 0 saturated heterocycles. The molecule has 1 aliphatic rings. The predicted octanol–water partition coefficient (Wildman–Crippen LogP) is 5.13. The molecule has 2 aromatic carbocycles. The van der Waals surface area contributed by atoms with E-state index in [2.05, 4.69) is 32.3 Å². The van der Waals surface area contributed by atoms with Crippen LogP contribution >= 0.6 is 0 Å². The van der Waals surface area contributed by atoms with Crippen molar-refractivity contribution >= 4 is 23.1 Å². The van der Waals surface area contributed by atoms with Crippen molar-refractivity contribution in [3.05, 3.63) is 78.8 Å². The fourth-order valence-electron chi connectivity index (χ4n) is 3.78. The van der Waals surface area contributed by atoms with Gasteiger partial charge < -0.3 is 19.7 Å². The van der Waals surface area contributed by atoms with Crippen LogP contribution in [0.4, 0.5) is 23.1 Å². The summed E-state index contributed by atoms with van der Waals surface area (Å²) in [5, 5.41) is 3.29. The zero-order chi connectivity index (χ0) is 21.9. The number of aromatic nitrogens is 3. The minimum Gasteiger partial charge on any atom is -0.496 e. The van der Waals surface area contributed by atoms with E-state index < -0.39 is 0 Å². The van der Waals surface area contributed by atoms with Crippen LogP contribution in [0.5, 0.6) is 11.5 Å². The first kappa shape index (κ1) is 19.8. The molecule has 2 aromatic heterocycles. The van der Waals surface area contributed by atoms with Gasteiger partial charge in [0, 0.05) is 34.9 Å². The molecule has 0 unspecified atom stereocenters.